The van der Waals surface area contributed by atoms with Crippen molar-refractivity contribution in [3.8, 4) is 0 Å². The molecular formula is C7H12N4O2. The van der Waals surface area contributed by atoms with Crippen molar-refractivity contribution >= 4 is 5.97 Å². The molecule has 0 aliphatic rings. The normalized spacial score (nSPS) is 13.2. The third kappa shape index (κ3) is 2.03. The van der Waals surface area contributed by atoms with Crippen LogP contribution < -0.4 is 5.73 Å². The van der Waals surface area contributed by atoms with E-state index in [-0.39, 0.29) is 11.7 Å². The molecule has 13 heavy (non-hydrogen) atoms. The quantitative estimate of drug-likeness (QED) is 0.686. The minimum absolute atomic E-state index is 0.155. The van der Waals surface area contributed by atoms with E-state index in [0.29, 0.717) is 0 Å². The first-order valence-electron chi connectivity index (χ1n) is 3.92. The van der Waals surface area contributed by atoms with Gasteiger partial charge < -0.3 is 10.8 Å². The van der Waals surface area contributed by atoms with Crippen molar-refractivity contribution in [2.45, 2.75) is 25.9 Å². The number of carboxylic acid groups (broad SMARTS) is 1. The van der Waals surface area contributed by atoms with Crippen LogP contribution in [0.2, 0.25) is 0 Å². The molecule has 3 N–H and O–H groups in total. The first-order valence-corrected chi connectivity index (χ1v) is 3.92. The fraction of sp³-hybridized carbons (Fsp3) is 0.571. The number of rotatable bonds is 3. The monoisotopic (exact) mass is 184 g/mol. The van der Waals surface area contributed by atoms with Gasteiger partial charge in [0.2, 0.25) is 0 Å². The number of aromatic nitrogens is 3. The van der Waals surface area contributed by atoms with Crippen molar-refractivity contribution in [1.82, 2.24) is 15.0 Å². The van der Waals surface area contributed by atoms with E-state index in [1.165, 1.54) is 0 Å². The summed E-state index contributed by atoms with van der Waals surface area (Å²) in [5.74, 6) is -1.10. The van der Waals surface area contributed by atoms with Gasteiger partial charge in [0.05, 0.1) is 6.20 Å². The maximum absolute atomic E-state index is 10.5. The van der Waals surface area contributed by atoms with E-state index in [1.54, 1.807) is 10.9 Å². The topological polar surface area (TPSA) is 94.0 Å². The Labute approximate surface area is 75.3 Å². The molecular weight excluding hydrogens is 172 g/mol. The number of carboxylic acids is 1. The summed E-state index contributed by atoms with van der Waals surface area (Å²) >= 11 is 0. The zero-order valence-corrected chi connectivity index (χ0v) is 7.51. The first kappa shape index (κ1) is 9.66. The highest BCUT2D eigenvalue weighted by atomic mass is 16.4. The summed E-state index contributed by atoms with van der Waals surface area (Å²) in [4.78, 5) is 10.5. The van der Waals surface area contributed by atoms with Crippen molar-refractivity contribution in [1.29, 1.82) is 0 Å². The standard InChI is InChI=1S/C7H12N4O2/c1-4(2)11-3-5(9-10-11)6(8)7(12)13/h3-4,6H,8H2,1-2H3,(H,12,13). The number of nitrogens with two attached hydrogens (primary N) is 1. The van der Waals surface area contributed by atoms with Gasteiger partial charge in [0.15, 0.2) is 0 Å². The Morgan fingerprint density at radius 3 is 2.69 bits per heavy atom. The lowest BCUT2D eigenvalue weighted by Crippen LogP contribution is -2.20. The average molecular weight is 184 g/mol. The van der Waals surface area contributed by atoms with E-state index in [2.05, 4.69) is 10.3 Å². The van der Waals surface area contributed by atoms with Crippen LogP contribution >= 0.6 is 0 Å². The van der Waals surface area contributed by atoms with Crippen LogP contribution in [0.3, 0.4) is 0 Å². The molecule has 1 aromatic heterocycles. The van der Waals surface area contributed by atoms with Crippen LogP contribution in [0, 0.1) is 0 Å². The highest BCUT2D eigenvalue weighted by Crippen LogP contribution is 2.08. The summed E-state index contributed by atoms with van der Waals surface area (Å²) in [7, 11) is 0. The van der Waals surface area contributed by atoms with Gasteiger partial charge in [-0.25, -0.2) is 4.68 Å². The zero-order valence-electron chi connectivity index (χ0n) is 7.51. The Morgan fingerprint density at radius 2 is 2.31 bits per heavy atom. The highest BCUT2D eigenvalue weighted by Gasteiger charge is 2.18. The number of hydrogen-bond donors (Lipinski definition) is 2. The Bertz CT molecular complexity index is 307. The Balaban J connectivity index is 2.85. The van der Waals surface area contributed by atoms with E-state index in [4.69, 9.17) is 10.8 Å². The smallest absolute Gasteiger partial charge is 0.326 e. The summed E-state index contributed by atoms with van der Waals surface area (Å²) in [5, 5.41) is 16.0. The fourth-order valence-electron chi connectivity index (χ4n) is 0.812. The Hall–Kier alpha value is -1.43. The molecule has 0 amide bonds. The number of hydrogen-bond acceptors (Lipinski definition) is 4. The molecule has 1 atom stereocenters. The summed E-state index contributed by atoms with van der Waals surface area (Å²) in [6.07, 6.45) is 1.55. The van der Waals surface area contributed by atoms with E-state index in [9.17, 15) is 4.79 Å². The fourth-order valence-corrected chi connectivity index (χ4v) is 0.812. The van der Waals surface area contributed by atoms with Gasteiger partial charge in [-0.05, 0) is 13.8 Å². The van der Waals surface area contributed by atoms with E-state index >= 15 is 0 Å². The van der Waals surface area contributed by atoms with Crippen LogP contribution in [0.5, 0.6) is 0 Å². The summed E-state index contributed by atoms with van der Waals surface area (Å²) in [6, 6.07) is -0.935. The van der Waals surface area contributed by atoms with Crippen molar-refractivity contribution in [3.63, 3.8) is 0 Å². The molecule has 6 nitrogen and oxygen atoms in total. The minimum Gasteiger partial charge on any atom is -0.480 e. The predicted octanol–water partition coefficient (Wildman–Crippen LogP) is -0.0566. The van der Waals surface area contributed by atoms with E-state index in [1.807, 2.05) is 13.8 Å². The zero-order chi connectivity index (χ0) is 10.0. The maximum Gasteiger partial charge on any atom is 0.326 e. The van der Waals surface area contributed by atoms with Gasteiger partial charge in [-0.2, -0.15) is 0 Å². The van der Waals surface area contributed by atoms with Gasteiger partial charge in [0.1, 0.15) is 11.7 Å². The maximum atomic E-state index is 10.5. The van der Waals surface area contributed by atoms with Crippen LogP contribution in [-0.4, -0.2) is 26.1 Å². The Morgan fingerprint density at radius 1 is 1.69 bits per heavy atom. The molecule has 0 aromatic carbocycles. The molecule has 0 aliphatic heterocycles. The lowest BCUT2D eigenvalue weighted by atomic mass is 10.2. The molecule has 0 spiro atoms. The third-order valence-corrected chi connectivity index (χ3v) is 1.64. The Kier molecular flexibility index (Phi) is 2.62. The highest BCUT2D eigenvalue weighted by molar-refractivity contribution is 5.74. The van der Waals surface area contributed by atoms with Gasteiger partial charge in [0, 0.05) is 6.04 Å². The molecule has 0 aliphatic carbocycles. The third-order valence-electron chi connectivity index (χ3n) is 1.64. The van der Waals surface area contributed by atoms with Crippen LogP contribution in [0.4, 0.5) is 0 Å². The SMILES string of the molecule is CC(C)n1cc(C(N)C(=O)O)nn1. The van der Waals surface area contributed by atoms with Crippen LogP contribution in [0.15, 0.2) is 6.20 Å². The molecule has 72 valence electrons. The molecule has 0 bridgehead atoms. The lowest BCUT2D eigenvalue weighted by molar-refractivity contribution is -0.138. The molecule has 1 aromatic rings. The van der Waals surface area contributed by atoms with Gasteiger partial charge in [-0.15, -0.1) is 5.10 Å². The second-order valence-corrected chi connectivity index (χ2v) is 3.03. The van der Waals surface area contributed by atoms with Crippen LogP contribution in [0.25, 0.3) is 0 Å². The molecule has 0 radical (unpaired) electrons. The minimum atomic E-state index is -1.10. The number of nitrogens with zero attached hydrogens (tertiary/aromatic N) is 3. The van der Waals surface area contributed by atoms with Crippen molar-refractivity contribution < 1.29 is 9.90 Å². The van der Waals surface area contributed by atoms with E-state index < -0.39 is 12.0 Å². The number of aliphatic carboxylic acids is 1. The van der Waals surface area contributed by atoms with Gasteiger partial charge in [-0.3, -0.25) is 4.79 Å². The average Bonchev–Trinajstić information content (AvgIpc) is 2.50. The van der Waals surface area contributed by atoms with Crippen LogP contribution in [-0.2, 0) is 4.79 Å². The molecule has 1 heterocycles. The second kappa shape index (κ2) is 3.53. The summed E-state index contributed by atoms with van der Waals surface area (Å²) in [6.45, 7) is 3.84. The van der Waals surface area contributed by atoms with Gasteiger partial charge in [-0.1, -0.05) is 5.21 Å². The lowest BCUT2D eigenvalue weighted by Gasteiger charge is -2.02. The largest absolute Gasteiger partial charge is 0.480 e. The predicted molar refractivity (Wildman–Crippen MR) is 45.0 cm³/mol. The van der Waals surface area contributed by atoms with Crippen molar-refractivity contribution in [2.75, 3.05) is 0 Å². The first-order chi connectivity index (χ1) is 6.02. The van der Waals surface area contributed by atoms with Crippen LogP contribution in [0.1, 0.15) is 31.6 Å². The van der Waals surface area contributed by atoms with Gasteiger partial charge in [0.25, 0.3) is 0 Å². The molecule has 0 fully saturated rings. The molecule has 1 unspecified atom stereocenters. The molecule has 0 saturated heterocycles. The second-order valence-electron chi connectivity index (χ2n) is 3.03. The van der Waals surface area contributed by atoms with Crippen molar-refractivity contribution in [3.05, 3.63) is 11.9 Å². The summed E-state index contributed by atoms with van der Waals surface area (Å²) < 4.78 is 1.57. The molecule has 0 saturated carbocycles. The molecule has 6 heteroatoms. The summed E-state index contributed by atoms with van der Waals surface area (Å²) in [5.41, 5.74) is 5.61. The number of carbonyl (C=O) groups is 1. The van der Waals surface area contributed by atoms with Gasteiger partial charge >= 0.3 is 5.97 Å². The molecule has 1 rings (SSSR count). The van der Waals surface area contributed by atoms with E-state index in [0.717, 1.165) is 0 Å². The van der Waals surface area contributed by atoms with Crippen molar-refractivity contribution in [2.24, 2.45) is 5.73 Å².